The van der Waals surface area contributed by atoms with Crippen LogP contribution in [0.2, 0.25) is 0 Å². The maximum atomic E-state index is 11.6. The molecule has 0 N–H and O–H groups in total. The molecule has 0 aromatic heterocycles. The van der Waals surface area contributed by atoms with E-state index in [4.69, 9.17) is 9.78 Å². The normalized spacial score (nSPS) is 13.3. The average molecular weight is 220 g/mol. The van der Waals surface area contributed by atoms with Crippen LogP contribution in [0.1, 0.15) is 37.3 Å². The van der Waals surface area contributed by atoms with Crippen LogP contribution in [0.3, 0.4) is 0 Å². The molecule has 3 heteroatoms. The summed E-state index contributed by atoms with van der Waals surface area (Å²) >= 11 is 0. The van der Waals surface area contributed by atoms with E-state index in [9.17, 15) is 4.79 Å². The average Bonchev–Trinajstić information content (AvgIpc) is 2.73. The lowest BCUT2D eigenvalue weighted by Gasteiger charge is -2.02. The lowest BCUT2D eigenvalue weighted by atomic mass is 10.0. The van der Waals surface area contributed by atoms with E-state index in [2.05, 4.69) is 6.92 Å². The van der Waals surface area contributed by atoms with Crippen molar-refractivity contribution in [2.75, 3.05) is 0 Å². The number of rotatable bonds is 5. The summed E-state index contributed by atoms with van der Waals surface area (Å²) in [6, 6.07) is 5.79. The van der Waals surface area contributed by atoms with Crippen LogP contribution in [-0.2, 0) is 22.7 Å². The lowest BCUT2D eigenvalue weighted by Crippen LogP contribution is -2.02. The van der Waals surface area contributed by atoms with Gasteiger partial charge in [0.15, 0.2) is 5.75 Å². The van der Waals surface area contributed by atoms with Gasteiger partial charge in [0, 0.05) is 18.4 Å². The topological polar surface area (TPSA) is 35.5 Å². The summed E-state index contributed by atoms with van der Waals surface area (Å²) in [7, 11) is 0. The van der Waals surface area contributed by atoms with Crippen molar-refractivity contribution in [1.82, 2.24) is 0 Å². The van der Waals surface area contributed by atoms with Crippen LogP contribution < -0.4 is 4.89 Å². The van der Waals surface area contributed by atoms with Crippen LogP contribution in [0.15, 0.2) is 18.2 Å². The Hall–Kier alpha value is -1.35. The van der Waals surface area contributed by atoms with E-state index in [0.29, 0.717) is 25.2 Å². The molecular formula is C13H16O3. The summed E-state index contributed by atoms with van der Waals surface area (Å²) in [4.78, 5) is 21.4. The molecule has 0 aliphatic carbocycles. The highest BCUT2D eigenvalue weighted by molar-refractivity contribution is 5.80. The Morgan fingerprint density at radius 3 is 3.12 bits per heavy atom. The minimum absolute atomic E-state index is 0.307. The molecule has 1 aliphatic rings. The molecule has 0 fully saturated rings. The van der Waals surface area contributed by atoms with Crippen molar-refractivity contribution in [1.29, 1.82) is 0 Å². The van der Waals surface area contributed by atoms with Crippen LogP contribution in [0.5, 0.6) is 5.75 Å². The van der Waals surface area contributed by atoms with Crippen LogP contribution in [-0.4, -0.2) is 5.78 Å². The second-order valence-electron chi connectivity index (χ2n) is 4.11. The molecule has 0 amide bonds. The van der Waals surface area contributed by atoms with Crippen molar-refractivity contribution >= 4 is 5.78 Å². The Morgan fingerprint density at radius 2 is 2.31 bits per heavy atom. The second-order valence-corrected chi connectivity index (χ2v) is 4.11. The number of ketones is 1. The molecule has 1 aromatic carbocycles. The molecule has 86 valence electrons. The molecule has 2 rings (SSSR count). The Labute approximate surface area is 95.3 Å². The van der Waals surface area contributed by atoms with E-state index in [1.165, 1.54) is 0 Å². The van der Waals surface area contributed by atoms with Gasteiger partial charge < -0.3 is 4.89 Å². The second kappa shape index (κ2) is 5.12. The van der Waals surface area contributed by atoms with Gasteiger partial charge in [-0.05, 0) is 24.1 Å². The third-order valence-corrected chi connectivity index (χ3v) is 2.70. The molecule has 3 nitrogen and oxygen atoms in total. The summed E-state index contributed by atoms with van der Waals surface area (Å²) in [6.07, 6.45) is 3.25. The van der Waals surface area contributed by atoms with Crippen molar-refractivity contribution in [3.05, 3.63) is 29.3 Å². The summed E-state index contributed by atoms with van der Waals surface area (Å²) < 4.78 is 0. The van der Waals surface area contributed by atoms with Gasteiger partial charge in [0.1, 0.15) is 12.4 Å². The molecule has 0 spiro atoms. The number of benzene rings is 1. The van der Waals surface area contributed by atoms with Gasteiger partial charge in [-0.1, -0.05) is 19.4 Å². The van der Waals surface area contributed by atoms with E-state index in [1.807, 2.05) is 18.2 Å². The van der Waals surface area contributed by atoms with Crippen LogP contribution in [0.25, 0.3) is 0 Å². The zero-order valence-electron chi connectivity index (χ0n) is 9.49. The Balaban J connectivity index is 1.97. The molecule has 16 heavy (non-hydrogen) atoms. The van der Waals surface area contributed by atoms with Crippen LogP contribution >= 0.6 is 0 Å². The quantitative estimate of drug-likeness (QED) is 0.716. The monoisotopic (exact) mass is 220 g/mol. The summed E-state index contributed by atoms with van der Waals surface area (Å²) in [6.45, 7) is 2.57. The van der Waals surface area contributed by atoms with Crippen molar-refractivity contribution < 1.29 is 14.6 Å². The lowest BCUT2D eigenvalue weighted by molar-refractivity contribution is -0.194. The standard InChI is InChI=1S/C13H16O3/c1-2-3-4-12(14)8-10-5-6-13-11(7-10)9-15-16-13/h5-7H,2-4,8-9H2,1H3. The number of unbranched alkanes of at least 4 members (excludes halogenated alkanes) is 1. The van der Waals surface area contributed by atoms with Gasteiger partial charge in [-0.15, -0.1) is 0 Å². The van der Waals surface area contributed by atoms with Gasteiger partial charge in [-0.2, -0.15) is 4.89 Å². The fourth-order valence-electron chi connectivity index (χ4n) is 1.78. The minimum Gasteiger partial charge on any atom is -0.337 e. The first-order valence-corrected chi connectivity index (χ1v) is 5.72. The number of hydrogen-bond acceptors (Lipinski definition) is 3. The van der Waals surface area contributed by atoms with E-state index >= 15 is 0 Å². The number of hydrogen-bond donors (Lipinski definition) is 0. The fraction of sp³-hybridized carbons (Fsp3) is 0.462. The molecule has 0 atom stereocenters. The molecule has 0 unspecified atom stereocenters. The van der Waals surface area contributed by atoms with Crippen molar-refractivity contribution in [2.24, 2.45) is 0 Å². The number of Topliss-reactive ketones (excluding diaryl/α,β-unsaturated/α-hetero) is 1. The number of fused-ring (bicyclic) bond motifs is 1. The molecular weight excluding hydrogens is 204 g/mol. The highest BCUT2D eigenvalue weighted by atomic mass is 17.2. The fourth-order valence-corrected chi connectivity index (χ4v) is 1.78. The third-order valence-electron chi connectivity index (χ3n) is 2.70. The van der Waals surface area contributed by atoms with Gasteiger partial charge in [-0.3, -0.25) is 4.79 Å². The number of carbonyl (C=O) groups is 1. The maximum absolute atomic E-state index is 11.6. The van der Waals surface area contributed by atoms with Gasteiger partial charge in [0.05, 0.1) is 0 Å². The molecule has 0 saturated carbocycles. The van der Waals surface area contributed by atoms with Crippen LogP contribution in [0.4, 0.5) is 0 Å². The van der Waals surface area contributed by atoms with Gasteiger partial charge in [-0.25, -0.2) is 0 Å². The molecule has 1 heterocycles. The molecule has 1 aliphatic heterocycles. The van der Waals surface area contributed by atoms with E-state index in [1.54, 1.807) is 0 Å². The first-order valence-electron chi connectivity index (χ1n) is 5.72. The molecule has 1 aromatic rings. The number of carbonyl (C=O) groups excluding carboxylic acids is 1. The highest BCUT2D eigenvalue weighted by Gasteiger charge is 2.14. The summed E-state index contributed by atoms with van der Waals surface area (Å²) in [5, 5.41) is 0. The Kier molecular flexibility index (Phi) is 3.57. The van der Waals surface area contributed by atoms with Gasteiger partial charge in [0.25, 0.3) is 0 Å². The zero-order chi connectivity index (χ0) is 11.4. The van der Waals surface area contributed by atoms with Crippen molar-refractivity contribution in [2.45, 2.75) is 39.2 Å². The molecule has 0 bridgehead atoms. The van der Waals surface area contributed by atoms with Crippen molar-refractivity contribution in [3.8, 4) is 5.75 Å². The minimum atomic E-state index is 0.307. The Morgan fingerprint density at radius 1 is 1.44 bits per heavy atom. The predicted molar refractivity (Wildman–Crippen MR) is 60.1 cm³/mol. The van der Waals surface area contributed by atoms with Gasteiger partial charge in [0.2, 0.25) is 0 Å². The van der Waals surface area contributed by atoms with E-state index < -0.39 is 0 Å². The first kappa shape index (κ1) is 11.1. The van der Waals surface area contributed by atoms with Crippen LogP contribution in [0, 0.1) is 0 Å². The predicted octanol–water partition coefficient (Wildman–Crippen LogP) is 2.81. The first-order chi connectivity index (χ1) is 7.79. The van der Waals surface area contributed by atoms with Gasteiger partial charge >= 0.3 is 0 Å². The highest BCUT2D eigenvalue weighted by Crippen LogP contribution is 2.26. The molecule has 0 radical (unpaired) electrons. The SMILES string of the molecule is CCCCC(=O)Cc1ccc2c(c1)COO2. The Bertz CT molecular complexity index is 385. The maximum Gasteiger partial charge on any atom is 0.171 e. The molecule has 0 saturated heterocycles. The summed E-state index contributed by atoms with van der Waals surface area (Å²) in [5.41, 5.74) is 2.08. The largest absolute Gasteiger partial charge is 0.337 e. The smallest absolute Gasteiger partial charge is 0.171 e. The zero-order valence-corrected chi connectivity index (χ0v) is 9.49. The third kappa shape index (κ3) is 2.61. The van der Waals surface area contributed by atoms with Crippen molar-refractivity contribution in [3.63, 3.8) is 0 Å². The van der Waals surface area contributed by atoms with E-state index in [-0.39, 0.29) is 0 Å². The summed E-state index contributed by atoms with van der Waals surface area (Å²) in [5.74, 6) is 1.08. The van der Waals surface area contributed by atoms with E-state index in [0.717, 1.165) is 29.7 Å².